The summed E-state index contributed by atoms with van der Waals surface area (Å²) in [7, 11) is 0. The van der Waals surface area contributed by atoms with Gasteiger partial charge in [0, 0.05) is 18.7 Å². The zero-order valence-electron chi connectivity index (χ0n) is 17.4. The van der Waals surface area contributed by atoms with Crippen molar-refractivity contribution < 1.29 is 4.79 Å². The van der Waals surface area contributed by atoms with Gasteiger partial charge in [-0.1, -0.05) is 39.0 Å². The van der Waals surface area contributed by atoms with Crippen molar-refractivity contribution in [2.24, 2.45) is 5.41 Å². The number of nitriles is 1. The normalized spacial score (nSPS) is 12.7. The zero-order valence-corrected chi connectivity index (χ0v) is 17.4. The van der Waals surface area contributed by atoms with Crippen LogP contribution >= 0.6 is 0 Å². The maximum absolute atomic E-state index is 12.6. The number of nitrogens with zero attached hydrogens (tertiary/aromatic N) is 2. The highest BCUT2D eigenvalue weighted by Gasteiger charge is 2.32. The minimum Gasteiger partial charge on any atom is -0.377 e. The Hall–Kier alpha value is -3.24. The Kier molecular flexibility index (Phi) is 6.72. The van der Waals surface area contributed by atoms with E-state index in [0.29, 0.717) is 5.56 Å². The first-order chi connectivity index (χ1) is 13.6. The molecule has 7 nitrogen and oxygen atoms in total. The molecule has 152 valence electrons. The molecule has 1 unspecified atom stereocenters. The fraction of sp³-hybridized carbons (Fsp3) is 0.364. The third-order valence-electron chi connectivity index (χ3n) is 4.82. The Morgan fingerprint density at radius 2 is 1.83 bits per heavy atom. The minimum absolute atomic E-state index is 0.0165. The molecule has 2 rings (SSSR count). The molecule has 0 aliphatic carbocycles. The molecular formula is C22H26N4O3. The predicted octanol–water partition coefficient (Wildman–Crippen LogP) is 2.61. The number of benzene rings is 1. The van der Waals surface area contributed by atoms with E-state index in [1.54, 1.807) is 37.3 Å². The molecule has 1 atom stereocenters. The van der Waals surface area contributed by atoms with Crippen LogP contribution in [0.4, 0.5) is 11.4 Å². The smallest absolute Gasteiger partial charge is 0.265 e. The number of anilines is 2. The molecule has 0 fully saturated rings. The molecule has 29 heavy (non-hydrogen) atoms. The Morgan fingerprint density at radius 3 is 2.34 bits per heavy atom. The molecule has 0 spiro atoms. The van der Waals surface area contributed by atoms with Crippen LogP contribution in [-0.2, 0) is 11.3 Å². The summed E-state index contributed by atoms with van der Waals surface area (Å²) < 4.78 is 0. The number of carbonyl (C=O) groups is 1. The molecule has 0 saturated heterocycles. The summed E-state index contributed by atoms with van der Waals surface area (Å²) >= 11 is 0. The summed E-state index contributed by atoms with van der Waals surface area (Å²) in [6, 6.07) is 8.81. The van der Waals surface area contributed by atoms with E-state index in [0.717, 1.165) is 10.6 Å². The molecule has 7 heteroatoms. The quantitative estimate of drug-likeness (QED) is 0.425. The molecule has 2 N–H and O–H groups in total. The van der Waals surface area contributed by atoms with Crippen LogP contribution < -0.4 is 26.6 Å². The largest absolute Gasteiger partial charge is 0.377 e. The second kappa shape index (κ2) is 8.84. The lowest BCUT2D eigenvalue weighted by molar-refractivity contribution is -0.114. The van der Waals surface area contributed by atoms with Crippen molar-refractivity contribution in [1.29, 1.82) is 5.26 Å². The van der Waals surface area contributed by atoms with E-state index in [4.69, 9.17) is 5.26 Å². The average Bonchev–Trinajstić information content (AvgIpc) is 2.69. The van der Waals surface area contributed by atoms with Crippen molar-refractivity contribution in [3.63, 3.8) is 0 Å². The number of nitrogens with one attached hydrogen (secondary N) is 2. The van der Waals surface area contributed by atoms with Gasteiger partial charge in [0.1, 0.15) is 11.4 Å². The zero-order chi connectivity index (χ0) is 21.8. The van der Waals surface area contributed by atoms with Gasteiger partial charge < -0.3 is 5.32 Å². The maximum Gasteiger partial charge on any atom is 0.265 e. The topological polar surface area (TPSA) is 102 Å². The first-order valence-corrected chi connectivity index (χ1v) is 9.39. The molecule has 1 amide bonds. The number of hydrogen-bond donors (Lipinski definition) is 2. The lowest BCUT2D eigenvalue weighted by Gasteiger charge is -2.32. The Labute approximate surface area is 170 Å². The Bertz CT molecular complexity index is 1020. The third kappa shape index (κ3) is 4.98. The summed E-state index contributed by atoms with van der Waals surface area (Å²) in [5, 5.41) is 13.1. The lowest BCUT2D eigenvalue weighted by Crippen LogP contribution is -2.51. The minimum atomic E-state index is -0.709. The second-order valence-corrected chi connectivity index (χ2v) is 7.93. The van der Waals surface area contributed by atoms with E-state index < -0.39 is 16.8 Å². The van der Waals surface area contributed by atoms with Crippen molar-refractivity contribution in [2.75, 3.05) is 10.3 Å². The molecule has 0 heterocycles. The molecule has 2 aromatic carbocycles. The van der Waals surface area contributed by atoms with Gasteiger partial charge in [-0.2, -0.15) is 5.26 Å². The number of rotatable bonds is 7. The summed E-state index contributed by atoms with van der Waals surface area (Å²) in [6.45, 7) is 9.90. The fourth-order valence-corrected chi connectivity index (χ4v) is 2.51. The second-order valence-electron chi connectivity index (χ2n) is 7.93. The standard InChI is InChI=1S/C22H26N4O3/c1-6-7-17(27)26(24-13-16-10-8-15(12-23)9-11-16)19-18(20(28)21(19)29)25-14(2)22(3,4)5/h6-11,14,24-25H,13H2,1-5H3. The molecule has 0 aliphatic heterocycles. The summed E-state index contributed by atoms with van der Waals surface area (Å²) in [4.78, 5) is 37.1. The monoisotopic (exact) mass is 394 g/mol. The van der Waals surface area contributed by atoms with Crippen LogP contribution in [-0.4, -0.2) is 11.9 Å². The number of carbonyl (C=O) groups excluding carboxylic acids is 1. The number of hydrogen-bond acceptors (Lipinski definition) is 6. The SMILES string of the molecule is CC=CC(=O)N(NCc1ccc(C#N)cc1)c1c(NC(C)C(C)(C)C)c(=O)c1=O. The van der Waals surface area contributed by atoms with Gasteiger partial charge in [-0.25, -0.2) is 10.4 Å². The summed E-state index contributed by atoms with van der Waals surface area (Å²) in [5.74, 6) is -0.459. The number of hydrazine groups is 1. The molecular weight excluding hydrogens is 368 g/mol. The average molecular weight is 394 g/mol. The molecule has 0 saturated carbocycles. The van der Waals surface area contributed by atoms with E-state index in [1.807, 2.05) is 33.8 Å². The van der Waals surface area contributed by atoms with Crippen LogP contribution in [0.15, 0.2) is 46.0 Å². The molecule has 0 bridgehead atoms. The fourth-order valence-electron chi connectivity index (χ4n) is 2.51. The van der Waals surface area contributed by atoms with Gasteiger partial charge in [0.2, 0.25) is 0 Å². The molecule has 2 aromatic rings. The van der Waals surface area contributed by atoms with Gasteiger partial charge in [-0.3, -0.25) is 14.4 Å². The van der Waals surface area contributed by atoms with E-state index in [9.17, 15) is 14.4 Å². The highest BCUT2D eigenvalue weighted by molar-refractivity contribution is 6.03. The van der Waals surface area contributed by atoms with Crippen LogP contribution in [0.3, 0.4) is 0 Å². The van der Waals surface area contributed by atoms with Gasteiger partial charge in [0.15, 0.2) is 0 Å². The van der Waals surface area contributed by atoms with Crippen molar-refractivity contribution in [3.8, 4) is 6.07 Å². The maximum atomic E-state index is 12.6. The van der Waals surface area contributed by atoms with Crippen LogP contribution in [0.25, 0.3) is 0 Å². The van der Waals surface area contributed by atoms with Gasteiger partial charge in [-0.05, 0) is 37.0 Å². The van der Waals surface area contributed by atoms with Gasteiger partial charge >= 0.3 is 0 Å². The van der Waals surface area contributed by atoms with Crippen LogP contribution in [0, 0.1) is 16.7 Å². The molecule has 0 aliphatic rings. The lowest BCUT2D eigenvalue weighted by atomic mass is 9.87. The van der Waals surface area contributed by atoms with E-state index in [1.165, 1.54) is 6.08 Å². The van der Waals surface area contributed by atoms with Gasteiger partial charge in [0.25, 0.3) is 16.8 Å². The first-order valence-electron chi connectivity index (χ1n) is 9.39. The van der Waals surface area contributed by atoms with Crippen LogP contribution in [0.5, 0.6) is 0 Å². The van der Waals surface area contributed by atoms with Crippen LogP contribution in [0.2, 0.25) is 0 Å². The summed E-state index contributed by atoms with van der Waals surface area (Å²) in [5.41, 5.74) is 2.95. The highest BCUT2D eigenvalue weighted by Crippen LogP contribution is 2.26. The van der Waals surface area contributed by atoms with Gasteiger partial charge in [0.05, 0.1) is 11.6 Å². The van der Waals surface area contributed by atoms with Crippen molar-refractivity contribution in [3.05, 3.63) is 68.0 Å². The predicted molar refractivity (Wildman–Crippen MR) is 114 cm³/mol. The van der Waals surface area contributed by atoms with E-state index in [2.05, 4.69) is 10.7 Å². The van der Waals surface area contributed by atoms with Crippen LogP contribution in [0.1, 0.15) is 45.7 Å². The summed E-state index contributed by atoms with van der Waals surface area (Å²) in [6.07, 6.45) is 2.88. The number of amides is 1. The first kappa shape index (κ1) is 22.1. The Morgan fingerprint density at radius 1 is 1.21 bits per heavy atom. The molecule has 0 radical (unpaired) electrons. The third-order valence-corrected chi connectivity index (χ3v) is 4.82. The van der Waals surface area contributed by atoms with Crippen molar-refractivity contribution in [2.45, 2.75) is 47.2 Å². The highest BCUT2D eigenvalue weighted by atomic mass is 16.2. The van der Waals surface area contributed by atoms with Gasteiger partial charge in [-0.15, -0.1) is 0 Å². The number of allylic oxidation sites excluding steroid dienone is 1. The molecule has 0 aromatic heterocycles. The Balaban J connectivity index is 2.32. The van der Waals surface area contributed by atoms with E-state index in [-0.39, 0.29) is 29.4 Å². The van der Waals surface area contributed by atoms with E-state index >= 15 is 0 Å². The van der Waals surface area contributed by atoms with Crippen molar-refractivity contribution >= 4 is 17.3 Å². The van der Waals surface area contributed by atoms with Crippen molar-refractivity contribution in [1.82, 2.24) is 5.43 Å².